The zero-order chi connectivity index (χ0) is 25.4. The van der Waals surface area contributed by atoms with Crippen LogP contribution in [0.4, 0.5) is 0 Å². The third kappa shape index (κ3) is 19.0. The minimum Gasteiger partial charge on any atom is -0.387 e. The Balaban J connectivity index is 3.44. The highest BCUT2D eigenvalue weighted by molar-refractivity contribution is 5.94. The van der Waals surface area contributed by atoms with E-state index in [2.05, 4.69) is 17.2 Å². The first kappa shape index (κ1) is 31.4. The van der Waals surface area contributed by atoms with Gasteiger partial charge in [0.05, 0.1) is 39.6 Å². The van der Waals surface area contributed by atoms with Crippen LogP contribution in [0.3, 0.4) is 0 Å². The maximum atomic E-state index is 11.7. The number of nitrogens with one attached hydrogen (secondary N) is 2. The highest BCUT2D eigenvalue weighted by atomic mass is 16.5. The van der Waals surface area contributed by atoms with Crippen LogP contribution in [0.5, 0.6) is 0 Å². The maximum Gasteiger partial charge on any atom is 0.252 e. The number of amides is 3. The number of ether oxygens (including phenoxy) is 3. The summed E-state index contributed by atoms with van der Waals surface area (Å²) in [6.45, 7) is 11.0. The predicted octanol–water partition coefficient (Wildman–Crippen LogP) is 1.35. The Hall–Kier alpha value is -2.56. The number of unbranched alkanes of at least 4 members (excludes halogenated alkanes) is 2. The van der Waals surface area contributed by atoms with Gasteiger partial charge in [0, 0.05) is 37.7 Å². The molecule has 194 valence electrons. The van der Waals surface area contributed by atoms with E-state index in [9.17, 15) is 19.2 Å². The number of carbonyl (C=O) groups is 4. The van der Waals surface area contributed by atoms with E-state index in [1.54, 1.807) is 19.9 Å². The summed E-state index contributed by atoms with van der Waals surface area (Å²) in [5.74, 6) is -0.498. The van der Waals surface area contributed by atoms with Crippen LogP contribution in [0.1, 0.15) is 46.0 Å². The molecule has 0 rings (SSSR count). The molecule has 0 saturated heterocycles. The molecule has 10 nitrogen and oxygen atoms in total. The van der Waals surface area contributed by atoms with Crippen molar-refractivity contribution in [3.8, 4) is 0 Å². The molecule has 0 saturated carbocycles. The Morgan fingerprint density at radius 1 is 0.971 bits per heavy atom. The molecule has 1 unspecified atom stereocenters. The van der Waals surface area contributed by atoms with Crippen molar-refractivity contribution >= 4 is 24.5 Å². The number of carbonyl (C=O) groups excluding carboxylic acids is 4. The standard InChI is InChI=1S/C24H41N3O7/c1-4-8-24(31)27(20-29)19-22(3)25-11-6-5-7-13-32-15-17-34-18-16-33-14-10-23(30)26-21(2)9-12-28/h4,8,12,20-21,25H,3,5-7,9-11,13-19H2,1-2H3,(H,26,30)/b8-4-. The average molecular weight is 484 g/mol. The third-order valence-corrected chi connectivity index (χ3v) is 4.50. The van der Waals surface area contributed by atoms with E-state index in [1.165, 1.54) is 6.08 Å². The lowest BCUT2D eigenvalue weighted by atomic mass is 10.2. The Morgan fingerprint density at radius 2 is 1.62 bits per heavy atom. The van der Waals surface area contributed by atoms with Crippen molar-refractivity contribution in [2.75, 3.05) is 52.7 Å². The van der Waals surface area contributed by atoms with Gasteiger partial charge in [0.2, 0.25) is 12.3 Å². The largest absolute Gasteiger partial charge is 0.387 e. The molecule has 0 spiro atoms. The summed E-state index contributed by atoms with van der Waals surface area (Å²) in [5, 5.41) is 5.84. The third-order valence-electron chi connectivity index (χ3n) is 4.50. The fourth-order valence-electron chi connectivity index (χ4n) is 2.70. The smallest absolute Gasteiger partial charge is 0.252 e. The van der Waals surface area contributed by atoms with Crippen molar-refractivity contribution in [3.05, 3.63) is 24.4 Å². The first-order valence-corrected chi connectivity index (χ1v) is 11.7. The topological polar surface area (TPSA) is 123 Å². The monoisotopic (exact) mass is 483 g/mol. The van der Waals surface area contributed by atoms with Gasteiger partial charge in [-0.1, -0.05) is 12.7 Å². The zero-order valence-electron chi connectivity index (χ0n) is 20.6. The van der Waals surface area contributed by atoms with Gasteiger partial charge in [0.15, 0.2) is 0 Å². The lowest BCUT2D eigenvalue weighted by Gasteiger charge is -2.16. The molecule has 3 amide bonds. The first-order chi connectivity index (χ1) is 16.4. The van der Waals surface area contributed by atoms with E-state index < -0.39 is 0 Å². The van der Waals surface area contributed by atoms with Crippen molar-refractivity contribution in [2.24, 2.45) is 0 Å². The minimum atomic E-state index is -0.364. The molecule has 0 heterocycles. The van der Waals surface area contributed by atoms with Crippen LogP contribution in [0.2, 0.25) is 0 Å². The van der Waals surface area contributed by atoms with E-state index in [0.717, 1.165) is 30.4 Å². The lowest BCUT2D eigenvalue weighted by molar-refractivity contribution is -0.134. The molecule has 0 aromatic rings. The molecule has 1 atom stereocenters. The van der Waals surface area contributed by atoms with Gasteiger partial charge in [-0.25, -0.2) is 0 Å². The van der Waals surface area contributed by atoms with Gasteiger partial charge in [0.1, 0.15) is 6.29 Å². The second-order valence-corrected chi connectivity index (χ2v) is 7.62. The van der Waals surface area contributed by atoms with E-state index in [0.29, 0.717) is 64.7 Å². The number of aldehydes is 1. The highest BCUT2D eigenvalue weighted by Crippen LogP contribution is 1.98. The van der Waals surface area contributed by atoms with Gasteiger partial charge in [0.25, 0.3) is 5.91 Å². The molecule has 0 aromatic carbocycles. The number of rotatable bonds is 23. The summed E-state index contributed by atoms with van der Waals surface area (Å²) in [4.78, 5) is 45.6. The molecular formula is C24H41N3O7. The lowest BCUT2D eigenvalue weighted by Crippen LogP contribution is -2.33. The molecule has 0 radical (unpaired) electrons. The SMILES string of the molecule is C=C(CN(C=O)C(=O)/C=C\C)NCCCCCOCCOCCOCCC(=O)NC(C)CC=O. The highest BCUT2D eigenvalue weighted by Gasteiger charge is 2.10. The molecule has 0 fully saturated rings. The van der Waals surface area contributed by atoms with Crippen LogP contribution >= 0.6 is 0 Å². The van der Waals surface area contributed by atoms with Crippen LogP contribution in [-0.2, 0) is 33.4 Å². The molecule has 0 aliphatic rings. The summed E-state index contributed by atoms with van der Waals surface area (Å²) < 4.78 is 16.3. The van der Waals surface area contributed by atoms with Crippen LogP contribution < -0.4 is 10.6 Å². The normalized spacial score (nSPS) is 11.7. The van der Waals surface area contributed by atoms with Gasteiger partial charge in [-0.15, -0.1) is 0 Å². The maximum absolute atomic E-state index is 11.7. The van der Waals surface area contributed by atoms with Crippen LogP contribution in [0.25, 0.3) is 0 Å². The molecular weight excluding hydrogens is 442 g/mol. The zero-order valence-corrected chi connectivity index (χ0v) is 20.6. The second-order valence-electron chi connectivity index (χ2n) is 7.62. The second kappa shape index (κ2) is 22.2. The van der Waals surface area contributed by atoms with Crippen LogP contribution in [-0.4, -0.2) is 88.2 Å². The quantitative estimate of drug-likeness (QED) is 0.127. The summed E-state index contributed by atoms with van der Waals surface area (Å²) >= 11 is 0. The number of allylic oxidation sites excluding steroid dienone is 1. The van der Waals surface area contributed by atoms with E-state index in [-0.39, 0.29) is 30.8 Å². The number of nitrogens with zero attached hydrogens (tertiary/aromatic N) is 1. The Kier molecular flexibility index (Phi) is 20.6. The first-order valence-electron chi connectivity index (χ1n) is 11.7. The fraction of sp³-hybridized carbons (Fsp3) is 0.667. The Labute approximate surface area is 203 Å². The van der Waals surface area contributed by atoms with Gasteiger partial charge in [-0.05, 0) is 39.2 Å². The number of hydrogen-bond acceptors (Lipinski definition) is 8. The Bertz CT molecular complexity index is 626. The Morgan fingerprint density at radius 3 is 2.24 bits per heavy atom. The number of imide groups is 1. The fourth-order valence-corrected chi connectivity index (χ4v) is 2.70. The molecule has 0 bridgehead atoms. The summed E-state index contributed by atoms with van der Waals surface area (Å²) in [6.07, 6.45) is 7.60. The summed E-state index contributed by atoms with van der Waals surface area (Å²) in [5.41, 5.74) is 0.620. The van der Waals surface area contributed by atoms with Crippen LogP contribution in [0, 0.1) is 0 Å². The number of hydrogen-bond donors (Lipinski definition) is 2. The van der Waals surface area contributed by atoms with Crippen molar-refractivity contribution in [1.82, 2.24) is 15.5 Å². The van der Waals surface area contributed by atoms with Gasteiger partial charge >= 0.3 is 0 Å². The molecule has 2 N–H and O–H groups in total. The summed E-state index contributed by atoms with van der Waals surface area (Å²) in [6, 6.07) is -0.156. The predicted molar refractivity (Wildman–Crippen MR) is 129 cm³/mol. The average Bonchev–Trinajstić information content (AvgIpc) is 2.80. The molecule has 0 aliphatic carbocycles. The van der Waals surface area contributed by atoms with Gasteiger partial charge in [-0.2, -0.15) is 0 Å². The van der Waals surface area contributed by atoms with E-state index in [4.69, 9.17) is 14.2 Å². The molecule has 34 heavy (non-hydrogen) atoms. The van der Waals surface area contributed by atoms with Crippen molar-refractivity contribution < 1.29 is 33.4 Å². The minimum absolute atomic E-state index is 0.134. The van der Waals surface area contributed by atoms with Crippen LogP contribution in [0.15, 0.2) is 24.4 Å². The van der Waals surface area contributed by atoms with Crippen molar-refractivity contribution in [2.45, 2.75) is 52.0 Å². The van der Waals surface area contributed by atoms with E-state index >= 15 is 0 Å². The van der Waals surface area contributed by atoms with Crippen molar-refractivity contribution in [3.63, 3.8) is 0 Å². The molecule has 0 aromatic heterocycles. The summed E-state index contributed by atoms with van der Waals surface area (Å²) in [7, 11) is 0. The molecule has 0 aliphatic heterocycles. The van der Waals surface area contributed by atoms with E-state index in [1.807, 2.05) is 0 Å². The van der Waals surface area contributed by atoms with Crippen molar-refractivity contribution in [1.29, 1.82) is 0 Å². The van der Waals surface area contributed by atoms with Gasteiger partial charge < -0.3 is 29.6 Å². The van der Waals surface area contributed by atoms with Gasteiger partial charge in [-0.3, -0.25) is 19.3 Å². The molecule has 10 heteroatoms.